The average Bonchev–Trinajstić information content (AvgIpc) is 3.10. The molecule has 0 spiro atoms. The molecule has 142 valence electrons. The summed E-state index contributed by atoms with van der Waals surface area (Å²) in [6.07, 6.45) is 0.257. The molecule has 9 nitrogen and oxygen atoms in total. The molecule has 0 unspecified atom stereocenters. The number of aromatic nitrogens is 2. The van der Waals surface area contributed by atoms with Gasteiger partial charge in [-0.25, -0.2) is 13.1 Å². The van der Waals surface area contributed by atoms with E-state index in [0.29, 0.717) is 17.1 Å². The van der Waals surface area contributed by atoms with Gasteiger partial charge in [0.1, 0.15) is 11.5 Å². The molecule has 0 aliphatic heterocycles. The largest absolute Gasteiger partial charge is 0.497 e. The van der Waals surface area contributed by atoms with Crippen LogP contribution in [0.2, 0.25) is 0 Å². The van der Waals surface area contributed by atoms with Crippen LogP contribution >= 0.6 is 11.3 Å². The topological polar surface area (TPSA) is 120 Å². The molecule has 0 aliphatic rings. The molecular weight excluding hydrogens is 380 g/mol. The minimum atomic E-state index is -3.93. The lowest BCUT2D eigenvalue weighted by Crippen LogP contribution is -2.27. The zero-order chi connectivity index (χ0) is 19.3. The fraction of sp³-hybridized carbons (Fsp3) is 0.400. The lowest BCUT2D eigenvalue weighted by atomic mass is 10.1. The molecular formula is C15H20N4O5S2. The monoisotopic (exact) mass is 400 g/mol. The Hall–Kier alpha value is -2.24. The first-order valence-corrected chi connectivity index (χ1v) is 9.98. The summed E-state index contributed by atoms with van der Waals surface area (Å²) in [5, 5.41) is 9.94. The number of benzene rings is 1. The van der Waals surface area contributed by atoms with Gasteiger partial charge in [-0.05, 0) is 25.1 Å². The molecule has 11 heteroatoms. The summed E-state index contributed by atoms with van der Waals surface area (Å²) in [4.78, 5) is 11.4. The van der Waals surface area contributed by atoms with Crippen LogP contribution in [0.3, 0.4) is 0 Å². The van der Waals surface area contributed by atoms with E-state index in [-0.39, 0.29) is 21.8 Å². The van der Waals surface area contributed by atoms with Crippen molar-refractivity contribution in [2.75, 3.05) is 19.5 Å². The van der Waals surface area contributed by atoms with Gasteiger partial charge in [-0.15, -0.1) is 10.2 Å². The standard InChI is InChI=1S/C15H20N4O5S2/c1-5-13(20)16-14-17-18-15(25-14)26(21,22)19-9(2)11-8-10(23-3)6-7-12(11)24-4/h6-9,19H,5H2,1-4H3,(H,16,17,20)/t9-/m1/s1. The van der Waals surface area contributed by atoms with Crippen LogP contribution in [0, 0.1) is 0 Å². The van der Waals surface area contributed by atoms with Gasteiger partial charge in [0.05, 0.1) is 14.2 Å². The van der Waals surface area contributed by atoms with Crippen LogP contribution in [0.1, 0.15) is 31.9 Å². The van der Waals surface area contributed by atoms with Crippen molar-refractivity contribution in [2.24, 2.45) is 0 Å². The Morgan fingerprint density at radius 1 is 1.27 bits per heavy atom. The summed E-state index contributed by atoms with van der Waals surface area (Å²) in [6.45, 7) is 3.36. The Morgan fingerprint density at radius 3 is 2.62 bits per heavy atom. The summed E-state index contributed by atoms with van der Waals surface area (Å²) < 4.78 is 37.9. The second-order valence-electron chi connectivity index (χ2n) is 5.23. The van der Waals surface area contributed by atoms with Crippen LogP contribution in [0.25, 0.3) is 0 Å². The van der Waals surface area contributed by atoms with Gasteiger partial charge in [0.2, 0.25) is 15.4 Å². The average molecular weight is 400 g/mol. The summed E-state index contributed by atoms with van der Waals surface area (Å²) in [5.41, 5.74) is 0.611. The molecule has 1 heterocycles. The molecule has 2 rings (SSSR count). The van der Waals surface area contributed by atoms with Crippen LogP contribution < -0.4 is 19.5 Å². The highest BCUT2D eigenvalue weighted by atomic mass is 32.2. The van der Waals surface area contributed by atoms with Gasteiger partial charge >= 0.3 is 0 Å². The quantitative estimate of drug-likeness (QED) is 0.650. The van der Waals surface area contributed by atoms with Crippen LogP contribution in [-0.4, -0.2) is 38.7 Å². The number of amides is 1. The van der Waals surface area contributed by atoms with Crippen molar-refractivity contribution in [3.05, 3.63) is 23.8 Å². The third kappa shape index (κ3) is 4.68. The molecule has 2 aromatic rings. The maximum atomic E-state index is 12.6. The normalized spacial score (nSPS) is 12.5. The van der Waals surface area contributed by atoms with Gasteiger partial charge in [-0.1, -0.05) is 18.3 Å². The van der Waals surface area contributed by atoms with E-state index in [1.54, 1.807) is 32.0 Å². The van der Waals surface area contributed by atoms with E-state index in [0.717, 1.165) is 11.3 Å². The van der Waals surface area contributed by atoms with Gasteiger partial charge in [0.25, 0.3) is 10.0 Å². The summed E-state index contributed by atoms with van der Waals surface area (Å²) in [6, 6.07) is 4.50. The Kier molecular flexibility index (Phi) is 6.51. The van der Waals surface area contributed by atoms with E-state index in [1.165, 1.54) is 14.2 Å². The van der Waals surface area contributed by atoms with Crippen LogP contribution in [0.5, 0.6) is 11.5 Å². The highest BCUT2D eigenvalue weighted by Gasteiger charge is 2.25. The van der Waals surface area contributed by atoms with Crippen LogP contribution in [0.4, 0.5) is 5.13 Å². The van der Waals surface area contributed by atoms with Crippen molar-refractivity contribution in [3.8, 4) is 11.5 Å². The Balaban J connectivity index is 2.22. The number of nitrogens with one attached hydrogen (secondary N) is 2. The zero-order valence-corrected chi connectivity index (χ0v) is 16.4. The summed E-state index contributed by atoms with van der Waals surface area (Å²) in [5.74, 6) is 0.828. The SMILES string of the molecule is CCC(=O)Nc1nnc(S(=O)(=O)N[C@H](C)c2cc(OC)ccc2OC)s1. The molecule has 26 heavy (non-hydrogen) atoms. The van der Waals surface area contributed by atoms with E-state index in [1.807, 2.05) is 0 Å². The summed E-state index contributed by atoms with van der Waals surface area (Å²) >= 11 is 0.778. The number of nitrogens with zero attached hydrogens (tertiary/aromatic N) is 2. The number of anilines is 1. The minimum absolute atomic E-state index is 0.129. The van der Waals surface area contributed by atoms with Crippen molar-refractivity contribution in [1.82, 2.24) is 14.9 Å². The second kappa shape index (κ2) is 8.43. The molecule has 0 aliphatic carbocycles. The molecule has 1 aromatic heterocycles. The minimum Gasteiger partial charge on any atom is -0.497 e. The van der Waals surface area contributed by atoms with E-state index in [9.17, 15) is 13.2 Å². The molecule has 1 aromatic carbocycles. The van der Waals surface area contributed by atoms with E-state index >= 15 is 0 Å². The number of carbonyl (C=O) groups excluding carboxylic acids is 1. The first-order valence-electron chi connectivity index (χ1n) is 7.68. The number of sulfonamides is 1. The fourth-order valence-corrected chi connectivity index (χ4v) is 4.26. The van der Waals surface area contributed by atoms with Gasteiger partial charge in [-0.3, -0.25) is 4.79 Å². The smallest absolute Gasteiger partial charge is 0.270 e. The number of hydrogen-bond donors (Lipinski definition) is 2. The van der Waals surface area contributed by atoms with Crippen molar-refractivity contribution < 1.29 is 22.7 Å². The van der Waals surface area contributed by atoms with Crippen molar-refractivity contribution >= 4 is 32.4 Å². The van der Waals surface area contributed by atoms with E-state index in [4.69, 9.17) is 9.47 Å². The number of methoxy groups -OCH3 is 2. The van der Waals surface area contributed by atoms with Crippen LogP contribution in [0.15, 0.2) is 22.5 Å². The van der Waals surface area contributed by atoms with Gasteiger partial charge < -0.3 is 14.8 Å². The van der Waals surface area contributed by atoms with E-state index in [2.05, 4.69) is 20.2 Å². The predicted molar refractivity (Wildman–Crippen MR) is 97.1 cm³/mol. The molecule has 0 fully saturated rings. The second-order valence-corrected chi connectivity index (χ2v) is 8.09. The summed E-state index contributed by atoms with van der Waals surface area (Å²) in [7, 11) is -0.905. The zero-order valence-electron chi connectivity index (χ0n) is 14.8. The highest BCUT2D eigenvalue weighted by Crippen LogP contribution is 2.30. The molecule has 1 amide bonds. The lowest BCUT2D eigenvalue weighted by molar-refractivity contribution is -0.115. The molecule has 2 N–H and O–H groups in total. The maximum Gasteiger partial charge on any atom is 0.270 e. The van der Waals surface area contributed by atoms with Crippen molar-refractivity contribution in [1.29, 1.82) is 0 Å². The van der Waals surface area contributed by atoms with E-state index < -0.39 is 16.1 Å². The fourth-order valence-electron chi connectivity index (χ4n) is 2.10. The van der Waals surface area contributed by atoms with Gasteiger partial charge in [0.15, 0.2) is 0 Å². The van der Waals surface area contributed by atoms with Gasteiger partial charge in [0, 0.05) is 18.0 Å². The third-order valence-electron chi connectivity index (χ3n) is 3.44. The highest BCUT2D eigenvalue weighted by molar-refractivity contribution is 7.91. The third-order valence-corrected chi connectivity index (χ3v) is 6.19. The Bertz CT molecular complexity index is 882. The lowest BCUT2D eigenvalue weighted by Gasteiger charge is -2.17. The van der Waals surface area contributed by atoms with Crippen molar-refractivity contribution in [2.45, 2.75) is 30.6 Å². The molecule has 0 bridgehead atoms. The molecule has 0 radical (unpaired) electrons. The number of hydrogen-bond acceptors (Lipinski definition) is 8. The van der Waals surface area contributed by atoms with Crippen LogP contribution in [-0.2, 0) is 14.8 Å². The maximum absolute atomic E-state index is 12.6. The first-order chi connectivity index (χ1) is 12.3. The number of ether oxygens (including phenoxy) is 2. The number of carbonyl (C=O) groups is 1. The first kappa shape index (κ1) is 20.1. The molecule has 0 saturated heterocycles. The van der Waals surface area contributed by atoms with Gasteiger partial charge in [-0.2, -0.15) is 0 Å². The number of rotatable bonds is 8. The molecule has 1 atom stereocenters. The Morgan fingerprint density at radius 2 is 2.00 bits per heavy atom. The predicted octanol–water partition coefficient (Wildman–Crippen LogP) is 1.94. The Labute approximate surface area is 155 Å². The van der Waals surface area contributed by atoms with Crippen molar-refractivity contribution in [3.63, 3.8) is 0 Å². The molecule has 0 saturated carbocycles.